The molecule has 0 saturated carbocycles. The summed E-state index contributed by atoms with van der Waals surface area (Å²) in [6.45, 7) is 1.66. The van der Waals surface area contributed by atoms with Crippen LogP contribution in [-0.2, 0) is 0 Å². The summed E-state index contributed by atoms with van der Waals surface area (Å²) < 4.78 is 13.6. The summed E-state index contributed by atoms with van der Waals surface area (Å²) in [7, 11) is 0. The Bertz CT molecular complexity index is 717. The number of pyridine rings is 1. The van der Waals surface area contributed by atoms with Crippen molar-refractivity contribution in [2.24, 2.45) is 0 Å². The number of carbonyl (C=O) groups excluding carboxylic acids is 1. The average molecular weight is 353 g/mol. The molecule has 108 valence electrons. The maximum atomic E-state index is 13.3. The number of aromatic carboxylic acids is 1. The molecule has 1 aromatic heterocycles. The van der Waals surface area contributed by atoms with Crippen LogP contribution in [0.3, 0.4) is 0 Å². The first-order valence-corrected chi connectivity index (χ1v) is 6.64. The monoisotopic (exact) mass is 352 g/mol. The van der Waals surface area contributed by atoms with Crippen molar-refractivity contribution in [2.45, 2.75) is 6.92 Å². The Labute approximate surface area is 128 Å². The zero-order valence-electron chi connectivity index (χ0n) is 10.9. The molecule has 0 aliphatic rings. The third-order valence-corrected chi connectivity index (χ3v) is 3.37. The van der Waals surface area contributed by atoms with Crippen molar-refractivity contribution in [1.82, 2.24) is 4.98 Å². The van der Waals surface area contributed by atoms with E-state index in [1.54, 1.807) is 6.92 Å². The zero-order valence-corrected chi connectivity index (χ0v) is 12.4. The molecule has 0 bridgehead atoms. The molecule has 1 amide bonds. The summed E-state index contributed by atoms with van der Waals surface area (Å²) in [5, 5.41) is 11.4. The lowest BCUT2D eigenvalue weighted by molar-refractivity contribution is 0.0690. The van der Waals surface area contributed by atoms with E-state index >= 15 is 0 Å². The number of nitrogens with one attached hydrogen (secondary N) is 1. The number of benzene rings is 1. The Morgan fingerprint density at radius 3 is 2.62 bits per heavy atom. The second kappa shape index (κ2) is 6.01. The second-order valence-electron chi connectivity index (χ2n) is 4.27. The summed E-state index contributed by atoms with van der Waals surface area (Å²) >= 11 is 3.05. The standard InChI is InChI=1S/C14H10BrFN2O3/c1-7-4-10(16)9(15)5-12(7)18-13(19)8-2-3-11(14(20)21)17-6-8/h2-6H,1H3,(H,18,19)(H,20,21). The molecule has 0 aliphatic heterocycles. The third-order valence-electron chi connectivity index (χ3n) is 2.76. The van der Waals surface area contributed by atoms with E-state index in [0.29, 0.717) is 11.3 Å². The van der Waals surface area contributed by atoms with Crippen LogP contribution in [-0.4, -0.2) is 22.0 Å². The van der Waals surface area contributed by atoms with Crippen LogP contribution >= 0.6 is 15.9 Å². The van der Waals surface area contributed by atoms with Crippen LogP contribution in [0.15, 0.2) is 34.9 Å². The Hall–Kier alpha value is -2.28. The van der Waals surface area contributed by atoms with Crippen molar-refractivity contribution in [3.05, 3.63) is 57.6 Å². The van der Waals surface area contributed by atoms with Gasteiger partial charge in [0.05, 0.1) is 10.0 Å². The smallest absolute Gasteiger partial charge is 0.354 e. The number of carboxylic acids is 1. The molecule has 21 heavy (non-hydrogen) atoms. The first-order chi connectivity index (χ1) is 9.88. The van der Waals surface area contributed by atoms with E-state index in [9.17, 15) is 14.0 Å². The number of anilines is 1. The highest BCUT2D eigenvalue weighted by molar-refractivity contribution is 9.10. The summed E-state index contributed by atoms with van der Waals surface area (Å²) in [5.74, 6) is -2.04. The fourth-order valence-corrected chi connectivity index (χ4v) is 1.97. The first kappa shape index (κ1) is 15.1. The minimum atomic E-state index is -1.17. The molecule has 2 N–H and O–H groups in total. The molecule has 0 fully saturated rings. The number of aromatic nitrogens is 1. The van der Waals surface area contributed by atoms with Crippen molar-refractivity contribution >= 4 is 33.5 Å². The van der Waals surface area contributed by atoms with Gasteiger partial charge in [-0.15, -0.1) is 0 Å². The Morgan fingerprint density at radius 2 is 2.05 bits per heavy atom. The molecule has 0 saturated heterocycles. The van der Waals surface area contributed by atoms with Gasteiger partial charge in [-0.05, 0) is 52.7 Å². The molecule has 2 rings (SSSR count). The fraction of sp³-hybridized carbons (Fsp3) is 0.0714. The van der Waals surface area contributed by atoms with Gasteiger partial charge >= 0.3 is 5.97 Å². The number of hydrogen-bond acceptors (Lipinski definition) is 3. The van der Waals surface area contributed by atoms with E-state index in [-0.39, 0.29) is 15.7 Å². The average Bonchev–Trinajstić information content (AvgIpc) is 2.44. The number of nitrogens with zero attached hydrogens (tertiary/aromatic N) is 1. The number of carbonyl (C=O) groups is 2. The maximum absolute atomic E-state index is 13.3. The molecule has 0 atom stereocenters. The van der Waals surface area contributed by atoms with Crippen LogP contribution in [0.1, 0.15) is 26.4 Å². The SMILES string of the molecule is Cc1cc(F)c(Br)cc1NC(=O)c1ccc(C(=O)O)nc1. The number of rotatable bonds is 3. The number of aryl methyl sites for hydroxylation is 1. The largest absolute Gasteiger partial charge is 0.477 e. The van der Waals surface area contributed by atoms with Gasteiger partial charge in [0.25, 0.3) is 5.91 Å². The lowest BCUT2D eigenvalue weighted by atomic mass is 10.1. The molecule has 0 aliphatic carbocycles. The molecule has 0 spiro atoms. The predicted octanol–water partition coefficient (Wildman–Crippen LogP) is 3.24. The van der Waals surface area contributed by atoms with Gasteiger partial charge in [0, 0.05) is 11.9 Å². The lowest BCUT2D eigenvalue weighted by Gasteiger charge is -2.09. The van der Waals surface area contributed by atoms with E-state index in [1.807, 2.05) is 0 Å². The van der Waals surface area contributed by atoms with Crippen molar-refractivity contribution in [1.29, 1.82) is 0 Å². The predicted molar refractivity (Wildman–Crippen MR) is 78.0 cm³/mol. The first-order valence-electron chi connectivity index (χ1n) is 5.85. The maximum Gasteiger partial charge on any atom is 0.354 e. The van der Waals surface area contributed by atoms with Gasteiger partial charge in [0.2, 0.25) is 0 Å². The second-order valence-corrected chi connectivity index (χ2v) is 5.13. The van der Waals surface area contributed by atoms with E-state index in [1.165, 1.54) is 30.5 Å². The van der Waals surface area contributed by atoms with E-state index in [0.717, 1.165) is 0 Å². The summed E-state index contributed by atoms with van der Waals surface area (Å²) in [6.07, 6.45) is 1.17. The number of amides is 1. The van der Waals surface area contributed by atoms with Crippen LogP contribution in [0.5, 0.6) is 0 Å². The van der Waals surface area contributed by atoms with Crippen LogP contribution < -0.4 is 5.32 Å². The van der Waals surface area contributed by atoms with Crippen LogP contribution in [0.2, 0.25) is 0 Å². The Morgan fingerprint density at radius 1 is 1.33 bits per heavy atom. The molecule has 2 aromatic rings. The molecule has 0 unspecified atom stereocenters. The fourth-order valence-electron chi connectivity index (χ4n) is 1.63. The van der Waals surface area contributed by atoms with Gasteiger partial charge in [-0.2, -0.15) is 0 Å². The van der Waals surface area contributed by atoms with Crippen molar-refractivity contribution < 1.29 is 19.1 Å². The van der Waals surface area contributed by atoms with Gasteiger partial charge in [-0.3, -0.25) is 4.79 Å². The van der Waals surface area contributed by atoms with Crippen molar-refractivity contribution in [3.63, 3.8) is 0 Å². The normalized spacial score (nSPS) is 10.2. The van der Waals surface area contributed by atoms with Gasteiger partial charge in [0.1, 0.15) is 11.5 Å². The van der Waals surface area contributed by atoms with E-state index < -0.39 is 17.7 Å². The van der Waals surface area contributed by atoms with E-state index in [2.05, 4.69) is 26.2 Å². The van der Waals surface area contributed by atoms with Crippen molar-refractivity contribution in [3.8, 4) is 0 Å². The van der Waals surface area contributed by atoms with Gasteiger partial charge < -0.3 is 10.4 Å². The van der Waals surface area contributed by atoms with Crippen molar-refractivity contribution in [2.75, 3.05) is 5.32 Å². The number of hydrogen-bond donors (Lipinski definition) is 2. The number of halogens is 2. The van der Waals surface area contributed by atoms with Gasteiger partial charge in [-0.25, -0.2) is 14.2 Å². The topological polar surface area (TPSA) is 79.3 Å². The summed E-state index contributed by atoms with van der Waals surface area (Å²) in [4.78, 5) is 26.4. The highest BCUT2D eigenvalue weighted by atomic mass is 79.9. The van der Waals surface area contributed by atoms with Crippen LogP contribution in [0.4, 0.5) is 10.1 Å². The lowest BCUT2D eigenvalue weighted by Crippen LogP contribution is -2.14. The third kappa shape index (κ3) is 3.43. The molecule has 0 radical (unpaired) electrons. The van der Waals surface area contributed by atoms with Gasteiger partial charge in [0.15, 0.2) is 0 Å². The van der Waals surface area contributed by atoms with E-state index in [4.69, 9.17) is 5.11 Å². The number of carboxylic acid groups (broad SMARTS) is 1. The van der Waals surface area contributed by atoms with Crippen LogP contribution in [0.25, 0.3) is 0 Å². The highest BCUT2D eigenvalue weighted by Gasteiger charge is 2.12. The quantitative estimate of drug-likeness (QED) is 0.888. The molecule has 1 aromatic carbocycles. The minimum absolute atomic E-state index is 0.146. The Balaban J connectivity index is 2.22. The highest BCUT2D eigenvalue weighted by Crippen LogP contribution is 2.24. The molecular weight excluding hydrogens is 343 g/mol. The molecule has 1 heterocycles. The molecular formula is C14H10BrFN2O3. The summed E-state index contributed by atoms with van der Waals surface area (Å²) in [5.41, 5.74) is 1.09. The molecule has 7 heteroatoms. The van der Waals surface area contributed by atoms with Gasteiger partial charge in [-0.1, -0.05) is 0 Å². The molecule has 5 nitrogen and oxygen atoms in total. The Kier molecular flexibility index (Phi) is 4.32. The van der Waals surface area contributed by atoms with Crippen LogP contribution in [0, 0.1) is 12.7 Å². The zero-order chi connectivity index (χ0) is 15.6. The minimum Gasteiger partial charge on any atom is -0.477 e. The summed E-state index contributed by atoms with van der Waals surface area (Å²) in [6, 6.07) is 5.36.